The normalized spacial score (nSPS) is 9.73. The van der Waals surface area contributed by atoms with Crippen LogP contribution < -0.4 is 5.73 Å². The van der Waals surface area contributed by atoms with Gasteiger partial charge >= 0.3 is 0 Å². The number of benzene rings is 2. The number of ketones is 1. The second-order valence-corrected chi connectivity index (χ2v) is 4.90. The van der Waals surface area contributed by atoms with E-state index < -0.39 is 0 Å². The van der Waals surface area contributed by atoms with E-state index in [2.05, 4.69) is 0 Å². The number of carbonyl (C=O) groups excluding carboxylic acids is 1. The van der Waals surface area contributed by atoms with E-state index in [-0.39, 0.29) is 17.3 Å². The van der Waals surface area contributed by atoms with Gasteiger partial charge in [-0.1, -0.05) is 43.3 Å². The SMILES string of the molecule is CCCC(=O)c1ccccc1.NCCc1ccc(O)c(O)c1. The molecule has 2 rings (SSSR count). The first-order valence-corrected chi connectivity index (χ1v) is 7.37. The molecule has 0 saturated carbocycles. The number of rotatable bonds is 5. The predicted octanol–water partition coefficient (Wildman–Crippen LogP) is 3.27. The van der Waals surface area contributed by atoms with E-state index in [1.54, 1.807) is 6.07 Å². The molecule has 4 heteroatoms. The zero-order chi connectivity index (χ0) is 16.4. The number of Topliss-reactive ketones (excluding diaryl/α,β-unsaturated/α-hetero) is 1. The molecule has 0 spiro atoms. The molecular weight excluding hydrogens is 278 g/mol. The van der Waals surface area contributed by atoms with Crippen LogP contribution in [0.4, 0.5) is 0 Å². The van der Waals surface area contributed by atoms with Crippen LogP contribution in [0.15, 0.2) is 48.5 Å². The van der Waals surface area contributed by atoms with Crippen LogP contribution in [0, 0.1) is 0 Å². The van der Waals surface area contributed by atoms with Crippen molar-refractivity contribution in [2.75, 3.05) is 6.54 Å². The molecule has 0 saturated heterocycles. The van der Waals surface area contributed by atoms with Gasteiger partial charge < -0.3 is 15.9 Å². The molecule has 0 atom stereocenters. The Morgan fingerprint density at radius 1 is 1.05 bits per heavy atom. The van der Waals surface area contributed by atoms with Gasteiger partial charge in [-0.3, -0.25) is 4.79 Å². The molecule has 0 unspecified atom stereocenters. The Morgan fingerprint density at radius 2 is 1.73 bits per heavy atom. The average molecular weight is 301 g/mol. The lowest BCUT2D eigenvalue weighted by atomic mass is 10.1. The highest BCUT2D eigenvalue weighted by Crippen LogP contribution is 2.24. The predicted molar refractivity (Wildman–Crippen MR) is 88.2 cm³/mol. The van der Waals surface area contributed by atoms with Crippen molar-refractivity contribution in [3.63, 3.8) is 0 Å². The number of hydrogen-bond acceptors (Lipinski definition) is 4. The number of phenolic OH excluding ortho intramolecular Hbond substituents is 2. The number of phenols is 2. The van der Waals surface area contributed by atoms with Crippen LogP contribution in [0.5, 0.6) is 11.5 Å². The van der Waals surface area contributed by atoms with E-state index in [1.165, 1.54) is 12.1 Å². The molecule has 0 aliphatic rings. The van der Waals surface area contributed by atoms with Gasteiger partial charge in [-0.05, 0) is 37.1 Å². The number of carbonyl (C=O) groups is 1. The van der Waals surface area contributed by atoms with E-state index in [9.17, 15) is 4.79 Å². The fourth-order valence-corrected chi connectivity index (χ4v) is 1.89. The van der Waals surface area contributed by atoms with Crippen molar-refractivity contribution in [2.24, 2.45) is 5.73 Å². The highest BCUT2D eigenvalue weighted by Gasteiger charge is 2.01. The maximum atomic E-state index is 11.2. The van der Waals surface area contributed by atoms with Crippen molar-refractivity contribution in [2.45, 2.75) is 26.2 Å². The fraction of sp³-hybridized carbons (Fsp3) is 0.278. The molecule has 0 fully saturated rings. The molecule has 2 aromatic rings. The molecule has 4 N–H and O–H groups in total. The molecule has 0 aliphatic carbocycles. The summed E-state index contributed by atoms with van der Waals surface area (Å²) in [5.74, 6) is 0.0646. The zero-order valence-corrected chi connectivity index (χ0v) is 12.8. The van der Waals surface area contributed by atoms with Crippen molar-refractivity contribution in [1.29, 1.82) is 0 Å². The van der Waals surface area contributed by atoms with Gasteiger partial charge in [0.1, 0.15) is 0 Å². The summed E-state index contributed by atoms with van der Waals surface area (Å²) in [4.78, 5) is 11.2. The van der Waals surface area contributed by atoms with Crippen LogP contribution in [-0.4, -0.2) is 22.5 Å². The van der Waals surface area contributed by atoms with Gasteiger partial charge in [0, 0.05) is 12.0 Å². The second-order valence-electron chi connectivity index (χ2n) is 4.90. The molecular formula is C18H23NO3. The van der Waals surface area contributed by atoms with Crippen LogP contribution in [-0.2, 0) is 6.42 Å². The second kappa shape index (κ2) is 9.58. The maximum absolute atomic E-state index is 11.2. The summed E-state index contributed by atoms with van der Waals surface area (Å²) in [6.45, 7) is 2.56. The van der Waals surface area contributed by atoms with Crippen LogP contribution in [0.25, 0.3) is 0 Å². The third-order valence-electron chi connectivity index (χ3n) is 3.05. The van der Waals surface area contributed by atoms with Crippen molar-refractivity contribution in [3.8, 4) is 11.5 Å². The lowest BCUT2D eigenvalue weighted by Gasteiger charge is -2.00. The summed E-state index contributed by atoms with van der Waals surface area (Å²) in [6, 6.07) is 14.1. The first-order valence-electron chi connectivity index (χ1n) is 7.37. The Kier molecular flexibility index (Phi) is 7.72. The molecule has 0 aromatic heterocycles. The largest absolute Gasteiger partial charge is 0.504 e. The zero-order valence-electron chi connectivity index (χ0n) is 12.8. The minimum atomic E-state index is -0.0919. The van der Waals surface area contributed by atoms with E-state index in [0.29, 0.717) is 19.4 Å². The highest BCUT2D eigenvalue weighted by atomic mass is 16.3. The topological polar surface area (TPSA) is 83.6 Å². The van der Waals surface area contributed by atoms with E-state index in [4.69, 9.17) is 15.9 Å². The molecule has 0 aliphatic heterocycles. The lowest BCUT2D eigenvalue weighted by Crippen LogP contribution is -2.02. The van der Waals surface area contributed by atoms with Crippen molar-refractivity contribution < 1.29 is 15.0 Å². The van der Waals surface area contributed by atoms with E-state index >= 15 is 0 Å². The summed E-state index contributed by atoms with van der Waals surface area (Å²) < 4.78 is 0. The van der Waals surface area contributed by atoms with Gasteiger partial charge in [0.2, 0.25) is 0 Å². The lowest BCUT2D eigenvalue weighted by molar-refractivity contribution is 0.0981. The first kappa shape index (κ1) is 17.7. The summed E-state index contributed by atoms with van der Waals surface area (Å²) in [6.07, 6.45) is 2.30. The average Bonchev–Trinajstić information content (AvgIpc) is 2.53. The van der Waals surface area contributed by atoms with Crippen molar-refractivity contribution in [1.82, 2.24) is 0 Å². The minimum absolute atomic E-state index is 0.0871. The Labute approximate surface area is 131 Å². The number of hydrogen-bond donors (Lipinski definition) is 3. The molecule has 0 amide bonds. The Balaban J connectivity index is 0.000000220. The van der Waals surface area contributed by atoms with Gasteiger partial charge in [-0.25, -0.2) is 0 Å². The summed E-state index contributed by atoms with van der Waals surface area (Å²) in [7, 11) is 0. The summed E-state index contributed by atoms with van der Waals surface area (Å²) >= 11 is 0. The van der Waals surface area contributed by atoms with Crippen LogP contribution in [0.1, 0.15) is 35.7 Å². The maximum Gasteiger partial charge on any atom is 0.162 e. The summed E-state index contributed by atoms with van der Waals surface area (Å²) in [5.41, 5.74) is 7.07. The van der Waals surface area contributed by atoms with E-state index in [0.717, 1.165) is 17.5 Å². The summed E-state index contributed by atoms with van der Waals surface area (Å²) in [5, 5.41) is 18.0. The van der Waals surface area contributed by atoms with Gasteiger partial charge in [0.05, 0.1) is 0 Å². The van der Waals surface area contributed by atoms with Crippen LogP contribution >= 0.6 is 0 Å². The molecule has 118 valence electrons. The monoisotopic (exact) mass is 301 g/mol. The number of nitrogens with two attached hydrogens (primary N) is 1. The fourth-order valence-electron chi connectivity index (χ4n) is 1.89. The first-order chi connectivity index (χ1) is 10.6. The smallest absolute Gasteiger partial charge is 0.162 e. The van der Waals surface area contributed by atoms with Gasteiger partial charge in [-0.2, -0.15) is 0 Å². The molecule has 0 radical (unpaired) electrons. The third kappa shape index (κ3) is 5.97. The molecule has 0 heterocycles. The quantitative estimate of drug-likeness (QED) is 0.584. The number of aromatic hydroxyl groups is 2. The van der Waals surface area contributed by atoms with Crippen molar-refractivity contribution >= 4 is 5.78 Å². The molecule has 22 heavy (non-hydrogen) atoms. The van der Waals surface area contributed by atoms with Crippen molar-refractivity contribution in [3.05, 3.63) is 59.7 Å². The van der Waals surface area contributed by atoms with Gasteiger partial charge in [-0.15, -0.1) is 0 Å². The Bertz CT molecular complexity index is 582. The van der Waals surface area contributed by atoms with Gasteiger partial charge in [0.15, 0.2) is 17.3 Å². The standard InChI is InChI=1S/C10H12O.C8H11NO2/c1-2-6-10(11)9-7-4-3-5-8-9;9-4-3-6-1-2-7(10)8(11)5-6/h3-5,7-8H,2,6H2,1H3;1-2,5,10-11H,3-4,9H2. The van der Waals surface area contributed by atoms with E-state index in [1.807, 2.05) is 37.3 Å². The third-order valence-corrected chi connectivity index (χ3v) is 3.05. The van der Waals surface area contributed by atoms with Crippen LogP contribution in [0.3, 0.4) is 0 Å². The van der Waals surface area contributed by atoms with Crippen LogP contribution in [0.2, 0.25) is 0 Å². The molecule has 2 aromatic carbocycles. The molecule has 4 nitrogen and oxygen atoms in total. The molecule has 0 bridgehead atoms. The highest BCUT2D eigenvalue weighted by molar-refractivity contribution is 5.95. The van der Waals surface area contributed by atoms with Gasteiger partial charge in [0.25, 0.3) is 0 Å². The minimum Gasteiger partial charge on any atom is -0.504 e. The Hall–Kier alpha value is -2.33. The Morgan fingerprint density at radius 3 is 2.27 bits per heavy atom.